The molecule has 2 N–H and O–H groups in total. The lowest BCUT2D eigenvalue weighted by molar-refractivity contribution is 0.0525. The molecule has 0 spiro atoms. The summed E-state index contributed by atoms with van der Waals surface area (Å²) in [5.41, 5.74) is 1.08. The Morgan fingerprint density at radius 1 is 1.07 bits per heavy atom. The number of ether oxygens (including phenoxy) is 2. The highest BCUT2D eigenvalue weighted by atomic mass is 16.5. The van der Waals surface area contributed by atoms with Crippen molar-refractivity contribution >= 4 is 17.6 Å². The molecule has 0 fully saturated rings. The Hall–Kier alpha value is -3.88. The van der Waals surface area contributed by atoms with Gasteiger partial charge in [0.25, 0.3) is 0 Å². The van der Waals surface area contributed by atoms with Crippen LogP contribution in [0.15, 0.2) is 52.1 Å². The van der Waals surface area contributed by atoms with E-state index in [4.69, 9.17) is 9.47 Å². The molecule has 9 heteroatoms. The minimum atomic E-state index is -1.24. The first-order valence-corrected chi connectivity index (χ1v) is 7.88. The molecule has 0 saturated heterocycles. The second-order valence-corrected chi connectivity index (χ2v) is 5.42. The molecule has 0 unspecified atom stereocenters. The van der Waals surface area contributed by atoms with E-state index in [1.54, 1.807) is 25.1 Å². The molecule has 0 saturated carbocycles. The van der Waals surface area contributed by atoms with Crippen molar-refractivity contribution in [3.05, 3.63) is 74.3 Å². The molecule has 1 heterocycles. The minimum Gasteiger partial charge on any atom is -0.478 e. The predicted octanol–water partition coefficient (Wildman–Crippen LogP) is 1.63. The topological polar surface area (TPSA) is 124 Å². The van der Waals surface area contributed by atoms with Crippen molar-refractivity contribution in [3.63, 3.8) is 0 Å². The summed E-state index contributed by atoms with van der Waals surface area (Å²) in [4.78, 5) is 45.4. The van der Waals surface area contributed by atoms with Gasteiger partial charge in [-0.3, -0.25) is 15.0 Å². The van der Waals surface area contributed by atoms with Crippen molar-refractivity contribution in [1.29, 1.82) is 0 Å². The maximum Gasteiger partial charge on any atom is 0.340 e. The van der Waals surface area contributed by atoms with Gasteiger partial charge in [-0.25, -0.2) is 9.59 Å². The molecule has 0 bridgehead atoms. The number of aromatic nitrogens is 1. The minimum absolute atomic E-state index is 0.0146. The SMILES string of the molecule is CCOC(=O)c1cccc(Oc2ccc(C(=O)O)c(Nn3c(=O)c3=O)c2)c1. The Labute approximate surface area is 152 Å². The van der Waals surface area contributed by atoms with Crippen molar-refractivity contribution in [2.24, 2.45) is 0 Å². The van der Waals surface area contributed by atoms with Crippen LogP contribution in [0.1, 0.15) is 27.6 Å². The van der Waals surface area contributed by atoms with Gasteiger partial charge >= 0.3 is 23.1 Å². The lowest BCUT2D eigenvalue weighted by Crippen LogP contribution is -2.12. The van der Waals surface area contributed by atoms with Crippen molar-refractivity contribution in [2.75, 3.05) is 12.0 Å². The predicted molar refractivity (Wildman–Crippen MR) is 94.2 cm³/mol. The van der Waals surface area contributed by atoms with E-state index in [9.17, 15) is 24.3 Å². The van der Waals surface area contributed by atoms with Crippen molar-refractivity contribution in [2.45, 2.75) is 6.92 Å². The quantitative estimate of drug-likeness (QED) is 0.475. The number of hydrogen-bond acceptors (Lipinski definition) is 7. The van der Waals surface area contributed by atoms with Gasteiger partial charge in [0.2, 0.25) is 0 Å². The normalized spacial score (nSPS) is 10.6. The first-order chi connectivity index (χ1) is 12.9. The molecule has 9 nitrogen and oxygen atoms in total. The Kier molecular flexibility index (Phi) is 4.75. The van der Waals surface area contributed by atoms with E-state index in [0.29, 0.717) is 16.0 Å². The zero-order valence-electron chi connectivity index (χ0n) is 14.1. The third-order valence-electron chi connectivity index (χ3n) is 3.57. The Balaban J connectivity index is 1.87. The number of carboxylic acid groups (broad SMARTS) is 1. The Morgan fingerprint density at radius 3 is 2.41 bits per heavy atom. The van der Waals surface area contributed by atoms with E-state index in [0.717, 1.165) is 0 Å². The molecule has 2 aromatic carbocycles. The molecule has 0 radical (unpaired) electrons. The van der Waals surface area contributed by atoms with Gasteiger partial charge in [-0.05, 0) is 37.3 Å². The summed E-state index contributed by atoms with van der Waals surface area (Å²) in [6.45, 7) is 1.94. The number of benzene rings is 2. The number of anilines is 1. The maximum absolute atomic E-state index is 11.8. The Bertz CT molecular complexity index is 1070. The second-order valence-electron chi connectivity index (χ2n) is 5.42. The molecule has 138 valence electrons. The van der Waals surface area contributed by atoms with Crippen LogP contribution in [0.25, 0.3) is 0 Å². The van der Waals surface area contributed by atoms with E-state index >= 15 is 0 Å². The third kappa shape index (κ3) is 3.87. The molecule has 1 aromatic heterocycles. The average Bonchev–Trinajstić information content (AvgIpc) is 3.20. The van der Waals surface area contributed by atoms with Crippen LogP contribution in [0.3, 0.4) is 0 Å². The maximum atomic E-state index is 11.8. The number of carbonyl (C=O) groups excluding carboxylic acids is 1. The van der Waals surface area contributed by atoms with Crippen LogP contribution in [0, 0.1) is 0 Å². The number of rotatable bonds is 7. The van der Waals surface area contributed by atoms with E-state index in [1.165, 1.54) is 24.3 Å². The number of esters is 1. The van der Waals surface area contributed by atoms with Crippen molar-refractivity contribution < 1.29 is 24.2 Å². The van der Waals surface area contributed by atoms with Gasteiger partial charge in [0, 0.05) is 6.07 Å². The number of hydrogen-bond donors (Lipinski definition) is 2. The molecule has 3 aromatic rings. The highest BCUT2D eigenvalue weighted by Crippen LogP contribution is 2.27. The zero-order valence-corrected chi connectivity index (χ0v) is 14.1. The molecule has 3 rings (SSSR count). The second kappa shape index (κ2) is 7.16. The average molecular weight is 370 g/mol. The standard InChI is InChI=1S/C18H14N2O7/c1-2-26-18(25)10-4-3-5-11(8-10)27-12-6-7-13(17(23)24)14(9-12)19-20-15(21)16(20)22/h3-9,19H,2H2,1H3,(H,23,24). The van der Waals surface area contributed by atoms with Gasteiger partial charge in [0.1, 0.15) is 11.5 Å². The first-order valence-electron chi connectivity index (χ1n) is 7.88. The molecule has 0 aliphatic carbocycles. The van der Waals surface area contributed by atoms with Gasteiger partial charge in [0.15, 0.2) is 0 Å². The zero-order chi connectivity index (χ0) is 19.6. The lowest BCUT2D eigenvalue weighted by atomic mass is 10.1. The number of carbonyl (C=O) groups is 2. The summed E-state index contributed by atoms with van der Waals surface area (Å²) in [7, 11) is 0. The number of nitrogens with one attached hydrogen (secondary N) is 1. The summed E-state index contributed by atoms with van der Waals surface area (Å²) < 4.78 is 11.3. The molecular weight excluding hydrogens is 356 g/mol. The fourth-order valence-corrected chi connectivity index (χ4v) is 2.26. The molecule has 27 heavy (non-hydrogen) atoms. The van der Waals surface area contributed by atoms with Gasteiger partial charge < -0.3 is 14.6 Å². The fourth-order valence-electron chi connectivity index (χ4n) is 2.26. The summed E-state index contributed by atoms with van der Waals surface area (Å²) in [5, 5.41) is 9.24. The van der Waals surface area contributed by atoms with E-state index in [2.05, 4.69) is 5.43 Å². The van der Waals surface area contributed by atoms with E-state index in [-0.39, 0.29) is 23.6 Å². The van der Waals surface area contributed by atoms with Gasteiger partial charge in [0.05, 0.1) is 23.4 Å². The highest BCUT2D eigenvalue weighted by Gasteiger charge is 2.20. The summed E-state index contributed by atoms with van der Waals surface area (Å²) >= 11 is 0. The van der Waals surface area contributed by atoms with Crippen LogP contribution in [0.4, 0.5) is 5.69 Å². The van der Waals surface area contributed by atoms with E-state index in [1.807, 2.05) is 0 Å². The largest absolute Gasteiger partial charge is 0.478 e. The van der Waals surface area contributed by atoms with Crippen LogP contribution in [0.5, 0.6) is 11.5 Å². The van der Waals surface area contributed by atoms with Crippen LogP contribution < -0.4 is 21.3 Å². The van der Waals surface area contributed by atoms with Crippen LogP contribution in [-0.4, -0.2) is 28.3 Å². The monoisotopic (exact) mass is 370 g/mol. The highest BCUT2D eigenvalue weighted by molar-refractivity contribution is 5.94. The van der Waals surface area contributed by atoms with Gasteiger partial charge in [-0.2, -0.15) is 4.68 Å². The first kappa shape index (κ1) is 17.9. The third-order valence-corrected chi connectivity index (χ3v) is 3.57. The van der Waals surface area contributed by atoms with Gasteiger partial charge in [-0.15, -0.1) is 0 Å². The van der Waals surface area contributed by atoms with Crippen LogP contribution >= 0.6 is 0 Å². The van der Waals surface area contributed by atoms with Crippen LogP contribution in [0.2, 0.25) is 0 Å². The van der Waals surface area contributed by atoms with E-state index < -0.39 is 23.1 Å². The van der Waals surface area contributed by atoms with Crippen LogP contribution in [-0.2, 0) is 4.74 Å². The lowest BCUT2D eigenvalue weighted by Gasteiger charge is -2.11. The number of carboxylic acids is 1. The molecule has 0 aliphatic rings. The molecule has 0 aliphatic heterocycles. The molecule has 0 atom stereocenters. The number of nitrogens with zero attached hydrogens (tertiary/aromatic N) is 1. The van der Waals surface area contributed by atoms with Crippen molar-refractivity contribution in [1.82, 2.24) is 4.68 Å². The molecule has 0 amide bonds. The summed E-state index contributed by atoms with van der Waals surface area (Å²) in [6.07, 6.45) is 0. The Morgan fingerprint density at radius 2 is 1.78 bits per heavy atom. The van der Waals surface area contributed by atoms with Gasteiger partial charge in [-0.1, -0.05) is 6.07 Å². The molecular formula is C18H14N2O7. The smallest absolute Gasteiger partial charge is 0.340 e. The van der Waals surface area contributed by atoms with Crippen molar-refractivity contribution in [3.8, 4) is 11.5 Å². The summed E-state index contributed by atoms with van der Waals surface area (Å²) in [5.74, 6) is -1.17. The number of aromatic carboxylic acids is 1. The fraction of sp³-hybridized carbons (Fsp3) is 0.111. The summed E-state index contributed by atoms with van der Waals surface area (Å²) in [6, 6.07) is 10.3.